The van der Waals surface area contributed by atoms with Crippen LogP contribution in [0.4, 0.5) is 9.93 Å². The highest BCUT2D eigenvalue weighted by molar-refractivity contribution is 7.13. The predicted octanol–water partition coefficient (Wildman–Crippen LogP) is 3.55. The summed E-state index contributed by atoms with van der Waals surface area (Å²) in [5.41, 5.74) is 0.997. The second-order valence-corrected chi connectivity index (χ2v) is 10.2. The number of ether oxygens (including phenoxy) is 1. The van der Waals surface area contributed by atoms with E-state index in [4.69, 9.17) is 4.74 Å². The summed E-state index contributed by atoms with van der Waals surface area (Å²) in [7, 11) is 0. The topological polar surface area (TPSA) is 120 Å². The van der Waals surface area contributed by atoms with Crippen LogP contribution in [0.15, 0.2) is 29.9 Å². The van der Waals surface area contributed by atoms with Gasteiger partial charge in [-0.25, -0.2) is 14.5 Å². The van der Waals surface area contributed by atoms with E-state index in [0.717, 1.165) is 12.1 Å². The lowest BCUT2D eigenvalue weighted by atomic mass is 10.1. The number of pyridine rings is 1. The van der Waals surface area contributed by atoms with Gasteiger partial charge in [0, 0.05) is 24.3 Å². The molecular formula is C21H30N8O2S. The zero-order chi connectivity index (χ0) is 23.4. The molecule has 2 N–H and O–H groups in total. The van der Waals surface area contributed by atoms with E-state index in [2.05, 4.69) is 36.1 Å². The van der Waals surface area contributed by atoms with E-state index in [9.17, 15) is 4.79 Å². The van der Waals surface area contributed by atoms with Crippen LogP contribution < -0.4 is 10.6 Å². The number of thiazole rings is 1. The highest BCUT2D eigenvalue weighted by Gasteiger charge is 2.28. The first kappa shape index (κ1) is 23.7. The normalized spacial score (nSPS) is 13.1. The quantitative estimate of drug-likeness (QED) is 0.552. The van der Waals surface area contributed by atoms with Gasteiger partial charge in [-0.3, -0.25) is 10.3 Å². The molecule has 0 aliphatic heterocycles. The van der Waals surface area contributed by atoms with Crippen molar-refractivity contribution in [2.75, 3.05) is 11.9 Å². The lowest BCUT2D eigenvalue weighted by Crippen LogP contribution is -2.33. The fourth-order valence-electron chi connectivity index (χ4n) is 2.96. The van der Waals surface area contributed by atoms with Crippen LogP contribution in [-0.4, -0.2) is 48.4 Å². The van der Waals surface area contributed by atoms with E-state index >= 15 is 0 Å². The molecule has 3 rings (SSSR count). The molecule has 0 aliphatic rings. The zero-order valence-electron chi connectivity index (χ0n) is 19.3. The average Bonchev–Trinajstić information content (AvgIpc) is 3.34. The molecule has 0 aliphatic carbocycles. The maximum Gasteiger partial charge on any atom is 0.413 e. The minimum Gasteiger partial charge on any atom is -0.444 e. The lowest BCUT2D eigenvalue weighted by Gasteiger charge is -2.24. The highest BCUT2D eigenvalue weighted by Crippen LogP contribution is 2.27. The Hall–Kier alpha value is -2.92. The van der Waals surface area contributed by atoms with Crippen LogP contribution in [-0.2, 0) is 16.7 Å². The fraction of sp³-hybridized carbons (Fsp3) is 0.524. The van der Waals surface area contributed by atoms with E-state index < -0.39 is 11.7 Å². The number of carbonyl (C=O) groups excluding carboxylic acids is 1. The highest BCUT2D eigenvalue weighted by atomic mass is 32.1. The lowest BCUT2D eigenvalue weighted by molar-refractivity contribution is 0.0636. The summed E-state index contributed by atoms with van der Waals surface area (Å²) in [6.07, 6.45) is 3.83. The van der Waals surface area contributed by atoms with E-state index in [1.54, 1.807) is 17.1 Å². The first-order valence-electron chi connectivity index (χ1n) is 10.4. The van der Waals surface area contributed by atoms with Crippen LogP contribution in [0.3, 0.4) is 0 Å². The summed E-state index contributed by atoms with van der Waals surface area (Å²) in [5, 5.41) is 20.9. The van der Waals surface area contributed by atoms with Crippen molar-refractivity contribution in [2.45, 2.75) is 65.1 Å². The molecule has 0 spiro atoms. The minimum absolute atomic E-state index is 0.308. The van der Waals surface area contributed by atoms with Crippen molar-refractivity contribution in [3.63, 3.8) is 0 Å². The predicted molar refractivity (Wildman–Crippen MR) is 123 cm³/mol. The second kappa shape index (κ2) is 9.70. The molecule has 11 heteroatoms. The Morgan fingerprint density at radius 2 is 1.91 bits per heavy atom. The summed E-state index contributed by atoms with van der Waals surface area (Å²) in [4.78, 5) is 20.8. The minimum atomic E-state index is -0.587. The molecule has 3 aromatic heterocycles. The molecule has 0 fully saturated rings. The molecule has 3 aromatic rings. The first-order chi connectivity index (χ1) is 15.0. The van der Waals surface area contributed by atoms with Crippen LogP contribution in [0.1, 0.15) is 64.7 Å². The largest absolute Gasteiger partial charge is 0.444 e. The molecule has 0 saturated carbocycles. The molecule has 1 atom stereocenters. The van der Waals surface area contributed by atoms with Gasteiger partial charge in [0.1, 0.15) is 11.6 Å². The molecule has 3 heterocycles. The van der Waals surface area contributed by atoms with Crippen molar-refractivity contribution in [1.82, 2.24) is 35.5 Å². The molecule has 1 amide bonds. The van der Waals surface area contributed by atoms with Gasteiger partial charge in [0.05, 0.1) is 11.2 Å². The zero-order valence-corrected chi connectivity index (χ0v) is 20.1. The van der Waals surface area contributed by atoms with Crippen LogP contribution in [0.25, 0.3) is 0 Å². The Bertz CT molecular complexity index is 1020. The van der Waals surface area contributed by atoms with Crippen molar-refractivity contribution in [1.29, 1.82) is 0 Å². The van der Waals surface area contributed by atoms with E-state index in [1.807, 2.05) is 59.1 Å². The third-order valence-corrected chi connectivity index (χ3v) is 5.10. The third-order valence-electron chi connectivity index (χ3n) is 4.32. The average molecular weight is 459 g/mol. The second-order valence-electron chi connectivity index (χ2n) is 9.32. The molecule has 0 radical (unpaired) electrons. The number of hydrogen-bond donors (Lipinski definition) is 2. The third kappa shape index (κ3) is 6.54. The van der Waals surface area contributed by atoms with Gasteiger partial charge in [-0.2, -0.15) is 0 Å². The molecule has 172 valence electrons. The smallest absolute Gasteiger partial charge is 0.413 e. The first-order valence-corrected chi connectivity index (χ1v) is 11.3. The van der Waals surface area contributed by atoms with E-state index in [-0.39, 0.29) is 11.6 Å². The summed E-state index contributed by atoms with van der Waals surface area (Å²) >= 11 is 1.32. The molecule has 10 nitrogen and oxygen atoms in total. The van der Waals surface area contributed by atoms with Crippen molar-refractivity contribution in [3.8, 4) is 0 Å². The Morgan fingerprint density at radius 1 is 1.19 bits per heavy atom. The van der Waals surface area contributed by atoms with Crippen molar-refractivity contribution >= 4 is 22.6 Å². The van der Waals surface area contributed by atoms with Crippen LogP contribution in [0.5, 0.6) is 0 Å². The van der Waals surface area contributed by atoms with Gasteiger partial charge >= 0.3 is 6.09 Å². The summed E-state index contributed by atoms with van der Waals surface area (Å²) in [6.45, 7) is 12.2. The molecule has 32 heavy (non-hydrogen) atoms. The Balaban J connectivity index is 1.81. The number of rotatable bonds is 7. The van der Waals surface area contributed by atoms with Gasteiger partial charge < -0.3 is 10.1 Å². The Kier molecular flexibility index (Phi) is 7.19. The maximum atomic E-state index is 12.1. The molecular weight excluding hydrogens is 428 g/mol. The van der Waals surface area contributed by atoms with Gasteiger partial charge in [-0.15, -0.1) is 16.4 Å². The van der Waals surface area contributed by atoms with E-state index in [0.29, 0.717) is 17.5 Å². The van der Waals surface area contributed by atoms with Gasteiger partial charge in [-0.1, -0.05) is 0 Å². The molecule has 1 unspecified atom stereocenters. The monoisotopic (exact) mass is 458 g/mol. The summed E-state index contributed by atoms with van der Waals surface area (Å²) < 4.78 is 7.11. The SMILES string of the molecule is CC(C)(C)OC(=O)Nc1nc(C(NCCc2ccncc2)c2nnnn2C(C)(C)C)cs1. The number of nitrogens with zero attached hydrogens (tertiary/aromatic N) is 6. The van der Waals surface area contributed by atoms with Gasteiger partial charge in [-0.05, 0) is 76.1 Å². The van der Waals surface area contributed by atoms with Crippen LogP contribution >= 0.6 is 11.3 Å². The fourth-order valence-corrected chi connectivity index (χ4v) is 3.68. The molecule has 0 aromatic carbocycles. The number of aromatic nitrogens is 6. The summed E-state index contributed by atoms with van der Waals surface area (Å²) in [5.74, 6) is 0.654. The number of nitrogens with one attached hydrogen (secondary N) is 2. The number of tetrazole rings is 1. The maximum absolute atomic E-state index is 12.1. The summed E-state index contributed by atoms with van der Waals surface area (Å²) in [6, 6.07) is 3.62. The van der Waals surface area contributed by atoms with Crippen molar-refractivity contribution < 1.29 is 9.53 Å². The standard InChI is InChI=1S/C21H30N8O2S/c1-20(2,3)29-17(26-27-28-29)16(23-12-9-14-7-10-22-11-8-14)15-13-32-18(24-15)25-19(30)31-21(4,5)6/h7-8,10-11,13,16,23H,9,12H2,1-6H3,(H,24,25,30). The van der Waals surface area contributed by atoms with Gasteiger partial charge in [0.2, 0.25) is 0 Å². The molecule has 0 saturated heterocycles. The molecule has 0 bridgehead atoms. The number of amides is 1. The number of hydrogen-bond acceptors (Lipinski definition) is 9. The van der Waals surface area contributed by atoms with Crippen LogP contribution in [0, 0.1) is 0 Å². The van der Waals surface area contributed by atoms with Crippen molar-refractivity contribution in [2.24, 2.45) is 0 Å². The van der Waals surface area contributed by atoms with Crippen molar-refractivity contribution in [3.05, 3.63) is 47.0 Å². The van der Waals surface area contributed by atoms with Gasteiger partial charge in [0.25, 0.3) is 0 Å². The Labute approximate surface area is 191 Å². The van der Waals surface area contributed by atoms with Crippen LogP contribution in [0.2, 0.25) is 0 Å². The van der Waals surface area contributed by atoms with E-state index in [1.165, 1.54) is 16.9 Å². The van der Waals surface area contributed by atoms with Gasteiger partial charge in [0.15, 0.2) is 11.0 Å². The number of carbonyl (C=O) groups is 1. The number of anilines is 1. The Morgan fingerprint density at radius 3 is 2.56 bits per heavy atom.